The summed E-state index contributed by atoms with van der Waals surface area (Å²) in [4.78, 5) is 22.9. The van der Waals surface area contributed by atoms with Gasteiger partial charge in [0.25, 0.3) is 11.6 Å². The number of amides is 1. The topological polar surface area (TPSA) is 103 Å². The number of aromatic nitrogens is 3. The third-order valence-electron chi connectivity index (χ3n) is 4.19. The molecule has 1 atom stereocenters. The van der Waals surface area contributed by atoms with E-state index in [0.29, 0.717) is 17.3 Å². The summed E-state index contributed by atoms with van der Waals surface area (Å²) in [5.41, 5.74) is 1.22. The molecule has 0 fully saturated rings. The lowest BCUT2D eigenvalue weighted by Crippen LogP contribution is -2.33. The second-order valence-corrected chi connectivity index (χ2v) is 6.91. The third-order valence-corrected chi connectivity index (χ3v) is 4.19. The van der Waals surface area contributed by atoms with Crippen molar-refractivity contribution in [3.8, 4) is 5.69 Å². The van der Waals surface area contributed by atoms with Gasteiger partial charge in [-0.15, -0.1) is 5.10 Å². The Balaban J connectivity index is 2.09. The van der Waals surface area contributed by atoms with E-state index in [1.807, 2.05) is 6.92 Å². The first-order chi connectivity index (χ1) is 12.3. The molecule has 8 nitrogen and oxygen atoms in total. The van der Waals surface area contributed by atoms with Crippen LogP contribution in [0.1, 0.15) is 56.2 Å². The van der Waals surface area contributed by atoms with Gasteiger partial charge in [0.15, 0.2) is 5.69 Å². The third kappa shape index (κ3) is 4.87. The SMILES string of the molecule is Cc1c(C(=O)NC(C)CCCC(C)C)nnn1-c1cccc([N+](=O)[O-])c1. The molecule has 1 heterocycles. The van der Waals surface area contributed by atoms with E-state index in [2.05, 4.69) is 29.5 Å². The molecule has 2 rings (SSSR count). The summed E-state index contributed by atoms with van der Waals surface area (Å²) in [6, 6.07) is 6.11. The highest BCUT2D eigenvalue weighted by molar-refractivity contribution is 5.93. The fraction of sp³-hybridized carbons (Fsp3) is 0.500. The van der Waals surface area contributed by atoms with E-state index in [1.54, 1.807) is 19.1 Å². The second-order valence-electron chi connectivity index (χ2n) is 6.91. The van der Waals surface area contributed by atoms with Crippen LogP contribution in [0.4, 0.5) is 5.69 Å². The highest BCUT2D eigenvalue weighted by atomic mass is 16.6. The minimum atomic E-state index is -0.470. The molecule has 140 valence electrons. The van der Waals surface area contributed by atoms with Crippen LogP contribution in [0.2, 0.25) is 0 Å². The molecule has 0 saturated heterocycles. The van der Waals surface area contributed by atoms with E-state index >= 15 is 0 Å². The number of nitro groups is 1. The first-order valence-electron chi connectivity index (χ1n) is 8.77. The summed E-state index contributed by atoms with van der Waals surface area (Å²) in [5, 5.41) is 21.8. The van der Waals surface area contributed by atoms with Crippen LogP contribution < -0.4 is 5.32 Å². The molecule has 2 aromatic rings. The van der Waals surface area contributed by atoms with Crippen molar-refractivity contribution in [1.82, 2.24) is 20.3 Å². The number of carbonyl (C=O) groups excluding carboxylic acids is 1. The van der Waals surface area contributed by atoms with Crippen molar-refractivity contribution in [3.63, 3.8) is 0 Å². The summed E-state index contributed by atoms with van der Waals surface area (Å²) < 4.78 is 1.44. The van der Waals surface area contributed by atoms with Crippen LogP contribution >= 0.6 is 0 Å². The van der Waals surface area contributed by atoms with E-state index in [-0.39, 0.29) is 23.3 Å². The van der Waals surface area contributed by atoms with Crippen LogP contribution in [-0.4, -0.2) is 31.9 Å². The van der Waals surface area contributed by atoms with Gasteiger partial charge in [0, 0.05) is 18.2 Å². The van der Waals surface area contributed by atoms with Crippen molar-refractivity contribution in [3.05, 3.63) is 45.8 Å². The molecule has 26 heavy (non-hydrogen) atoms. The Bertz CT molecular complexity index is 785. The van der Waals surface area contributed by atoms with E-state index in [4.69, 9.17) is 0 Å². The summed E-state index contributed by atoms with van der Waals surface area (Å²) in [6.45, 7) is 8.05. The number of carbonyl (C=O) groups is 1. The molecule has 1 aromatic heterocycles. The maximum atomic E-state index is 12.5. The lowest BCUT2D eigenvalue weighted by atomic mass is 10.0. The molecule has 0 radical (unpaired) electrons. The molecule has 0 bridgehead atoms. The maximum Gasteiger partial charge on any atom is 0.273 e. The average Bonchev–Trinajstić information content (AvgIpc) is 2.96. The van der Waals surface area contributed by atoms with Gasteiger partial charge in [-0.2, -0.15) is 0 Å². The molecule has 1 unspecified atom stereocenters. The Morgan fingerprint density at radius 1 is 1.31 bits per heavy atom. The van der Waals surface area contributed by atoms with Gasteiger partial charge in [-0.3, -0.25) is 14.9 Å². The van der Waals surface area contributed by atoms with Gasteiger partial charge in [0.05, 0.1) is 16.3 Å². The second kappa shape index (κ2) is 8.55. The van der Waals surface area contributed by atoms with E-state index in [1.165, 1.54) is 16.8 Å². The lowest BCUT2D eigenvalue weighted by molar-refractivity contribution is -0.384. The average molecular weight is 359 g/mol. The first kappa shape index (κ1) is 19.6. The number of nitro benzene ring substituents is 1. The summed E-state index contributed by atoms with van der Waals surface area (Å²) in [7, 11) is 0. The van der Waals surface area contributed by atoms with Crippen LogP contribution in [0.15, 0.2) is 24.3 Å². The number of nitrogens with zero attached hydrogens (tertiary/aromatic N) is 4. The Hall–Kier alpha value is -2.77. The van der Waals surface area contributed by atoms with Crippen molar-refractivity contribution < 1.29 is 9.72 Å². The van der Waals surface area contributed by atoms with Gasteiger partial charge in [0.1, 0.15) is 0 Å². The van der Waals surface area contributed by atoms with Gasteiger partial charge in [-0.25, -0.2) is 4.68 Å². The Morgan fingerprint density at radius 2 is 2.04 bits per heavy atom. The van der Waals surface area contributed by atoms with Crippen LogP contribution in [0.3, 0.4) is 0 Å². The molecule has 0 aliphatic rings. The van der Waals surface area contributed by atoms with Crippen molar-refractivity contribution >= 4 is 11.6 Å². The zero-order valence-corrected chi connectivity index (χ0v) is 15.6. The molecule has 8 heteroatoms. The fourth-order valence-electron chi connectivity index (χ4n) is 2.72. The maximum absolute atomic E-state index is 12.5. The molecule has 0 aliphatic carbocycles. The van der Waals surface area contributed by atoms with Gasteiger partial charge < -0.3 is 5.32 Å². The quantitative estimate of drug-likeness (QED) is 0.574. The molecule has 1 N–H and O–H groups in total. The zero-order valence-electron chi connectivity index (χ0n) is 15.6. The predicted molar refractivity (Wildman–Crippen MR) is 98.4 cm³/mol. The first-order valence-corrected chi connectivity index (χ1v) is 8.77. The number of nitrogens with one attached hydrogen (secondary N) is 1. The molecule has 0 spiro atoms. The highest BCUT2D eigenvalue weighted by Gasteiger charge is 2.19. The minimum Gasteiger partial charge on any atom is -0.348 e. The predicted octanol–water partition coefficient (Wildman–Crippen LogP) is 3.43. The van der Waals surface area contributed by atoms with E-state index < -0.39 is 4.92 Å². The van der Waals surface area contributed by atoms with Gasteiger partial charge in [-0.05, 0) is 32.3 Å². The largest absolute Gasteiger partial charge is 0.348 e. The number of rotatable bonds is 8. The van der Waals surface area contributed by atoms with Crippen LogP contribution in [0, 0.1) is 23.0 Å². The van der Waals surface area contributed by atoms with Crippen molar-refractivity contribution in [1.29, 1.82) is 0 Å². The van der Waals surface area contributed by atoms with Crippen molar-refractivity contribution in [2.75, 3.05) is 0 Å². The molecular formula is C18H25N5O3. The monoisotopic (exact) mass is 359 g/mol. The normalized spacial score (nSPS) is 12.2. The van der Waals surface area contributed by atoms with E-state index in [9.17, 15) is 14.9 Å². The molecule has 1 amide bonds. The summed E-state index contributed by atoms with van der Waals surface area (Å²) >= 11 is 0. The van der Waals surface area contributed by atoms with Crippen molar-refractivity contribution in [2.24, 2.45) is 5.92 Å². The number of benzene rings is 1. The van der Waals surface area contributed by atoms with Crippen LogP contribution in [-0.2, 0) is 0 Å². The standard InChI is InChI=1S/C18H25N5O3/c1-12(2)7-5-8-13(3)19-18(24)17-14(4)22(21-20-17)15-9-6-10-16(11-15)23(25)26/h6,9-13H,5,7-8H2,1-4H3,(H,19,24). The smallest absolute Gasteiger partial charge is 0.273 e. The molecule has 0 saturated carbocycles. The molecule has 0 aliphatic heterocycles. The molecular weight excluding hydrogens is 334 g/mol. The minimum absolute atomic E-state index is 0.0397. The number of hydrogen-bond donors (Lipinski definition) is 1. The highest BCUT2D eigenvalue weighted by Crippen LogP contribution is 2.18. The Labute approximate surface area is 152 Å². The molecule has 1 aromatic carbocycles. The van der Waals surface area contributed by atoms with Crippen LogP contribution in [0.5, 0.6) is 0 Å². The number of non-ortho nitro benzene ring substituents is 1. The van der Waals surface area contributed by atoms with Gasteiger partial charge in [-0.1, -0.05) is 38.0 Å². The van der Waals surface area contributed by atoms with E-state index in [0.717, 1.165) is 19.3 Å². The zero-order chi connectivity index (χ0) is 19.3. The lowest BCUT2D eigenvalue weighted by Gasteiger charge is -2.14. The summed E-state index contributed by atoms with van der Waals surface area (Å²) in [6.07, 6.45) is 3.09. The number of hydrogen-bond acceptors (Lipinski definition) is 5. The van der Waals surface area contributed by atoms with Gasteiger partial charge >= 0.3 is 0 Å². The summed E-state index contributed by atoms with van der Waals surface area (Å²) in [5.74, 6) is 0.367. The van der Waals surface area contributed by atoms with Crippen LogP contribution in [0.25, 0.3) is 5.69 Å². The fourth-order valence-corrected chi connectivity index (χ4v) is 2.72. The Kier molecular flexibility index (Phi) is 6.43. The Morgan fingerprint density at radius 3 is 2.69 bits per heavy atom. The van der Waals surface area contributed by atoms with Crippen molar-refractivity contribution in [2.45, 2.75) is 53.0 Å². The van der Waals surface area contributed by atoms with Gasteiger partial charge in [0.2, 0.25) is 0 Å².